The molecule has 6 unspecified atom stereocenters. The molecular formula is C47H62N12O23P2S2. The van der Waals surface area contributed by atoms with Crippen LogP contribution in [0.3, 0.4) is 0 Å². The van der Waals surface area contributed by atoms with Crippen LogP contribution in [0.4, 0.5) is 16.2 Å². The van der Waals surface area contributed by atoms with Gasteiger partial charge in [0.15, 0.2) is 29.7 Å². The number of nitrogens with two attached hydrogens (primary N) is 2. The lowest BCUT2D eigenvalue weighted by molar-refractivity contribution is -0.0625. The first kappa shape index (κ1) is 64.6. The Bertz CT molecular complexity index is 3680. The Morgan fingerprint density at radius 1 is 0.709 bits per heavy atom. The van der Waals surface area contributed by atoms with Crippen LogP contribution in [0.5, 0.6) is 0 Å². The first-order valence-electron chi connectivity index (χ1n) is 26.1. The average molecular weight is 1290 g/mol. The van der Waals surface area contributed by atoms with Crippen molar-refractivity contribution in [3.8, 4) is 0 Å². The maximum atomic E-state index is 14.2. The monoisotopic (exact) mass is 1290 g/mol. The zero-order valence-electron chi connectivity index (χ0n) is 45.9. The Kier molecular flexibility index (Phi) is 20.8. The number of ether oxygens (including phenoxy) is 8. The number of anilines is 2. The zero-order chi connectivity index (χ0) is 61.8. The van der Waals surface area contributed by atoms with E-state index in [4.69, 9.17) is 79.3 Å². The van der Waals surface area contributed by atoms with Gasteiger partial charge in [0.1, 0.15) is 72.3 Å². The van der Waals surface area contributed by atoms with Gasteiger partial charge in [-0.15, -0.1) is 0 Å². The van der Waals surface area contributed by atoms with E-state index in [9.17, 15) is 53.9 Å². The Labute approximate surface area is 493 Å². The standard InChI is InChI=1S/C26H35N6O13PS.C21H27N6O10PS/c1-13(2)42-26(37)40-12-47-46(38,45-21-16(9-33)44-24(22(21)39-3)31-7-5-18(35)30-25(31)36)41-10-17-15(34)8-19(43-17)32-11-29-20-14(27)4-6-28-23(20)32;1-33-18-17(12(7-28)36-20(18)26-5-3-14(30)25-21(26)31)37-38(32,39)34-8-13-11(29)6-15(35-13)27-9-24-16-10(22)2-4-23-19(16)27/h4-7,11,13,15-17,19,21-22,24,33-34H,8-10,12H2,1-3H3,(H2,27,28)(H,30,35,36);2-5,9,11-13,15,17-18,20,28-29H,6-8H2,1H3,(H2,22,23)(H,32,39)(H,25,30,31)/t15?,16-,17-,19-,21?,22+,24-,46?;11?,12-,13-,15-,17?,18+,20-,38?/m11/s1. The number of pyridine rings is 2. The maximum absolute atomic E-state index is 14.2. The molecule has 0 bridgehead atoms. The minimum Gasteiger partial charge on any atom is -0.432 e. The van der Waals surface area contributed by atoms with Crippen molar-refractivity contribution in [2.24, 2.45) is 0 Å². The summed E-state index contributed by atoms with van der Waals surface area (Å²) in [7, 11) is 2.60. The highest BCUT2D eigenvalue weighted by Gasteiger charge is 2.52. The Morgan fingerprint density at radius 2 is 1.17 bits per heavy atom. The third-order valence-electron chi connectivity index (χ3n) is 13.8. The number of H-pyrrole nitrogens is 2. The molecule has 0 radical (unpaired) electrons. The van der Waals surface area contributed by atoms with Gasteiger partial charge in [0.05, 0.1) is 68.8 Å². The number of aromatic amines is 2. The first-order chi connectivity index (χ1) is 41.0. The van der Waals surface area contributed by atoms with Gasteiger partial charge >= 0.3 is 31.1 Å². The highest BCUT2D eigenvalue weighted by molar-refractivity contribution is 8.55. The van der Waals surface area contributed by atoms with Gasteiger partial charge in [-0.3, -0.25) is 51.4 Å². The predicted molar refractivity (Wildman–Crippen MR) is 300 cm³/mol. The molecule has 4 aliphatic heterocycles. The second-order valence-corrected chi connectivity index (χ2v) is 26.5. The quantitative estimate of drug-likeness (QED) is 0.0237. The van der Waals surface area contributed by atoms with Crippen molar-refractivity contribution in [2.45, 2.75) is 119 Å². The molecule has 0 aliphatic carbocycles. The van der Waals surface area contributed by atoms with Gasteiger partial charge in [0.2, 0.25) is 0 Å². The van der Waals surface area contributed by atoms with Crippen molar-refractivity contribution in [3.05, 3.63) is 103 Å². The molecule has 86 heavy (non-hydrogen) atoms. The maximum Gasteiger partial charge on any atom is 0.509 e. The Hall–Kier alpha value is -5.90. The number of aromatic nitrogens is 10. The Balaban J connectivity index is 0.000000209. The molecule has 6 aromatic heterocycles. The molecule has 0 spiro atoms. The molecule has 4 saturated heterocycles. The molecule has 0 saturated carbocycles. The van der Waals surface area contributed by atoms with Crippen molar-refractivity contribution in [2.75, 3.05) is 58.1 Å². The minimum absolute atomic E-state index is 0.114. The number of fused-ring (bicyclic) bond motifs is 2. The molecule has 35 nitrogen and oxygen atoms in total. The first-order valence-corrected chi connectivity index (χ1v) is 31.9. The minimum atomic E-state index is -4.37. The summed E-state index contributed by atoms with van der Waals surface area (Å²) in [5.41, 5.74) is 11.9. The number of carbonyl (C=O) groups is 1. The summed E-state index contributed by atoms with van der Waals surface area (Å²) in [6.45, 7) is -7.11. The summed E-state index contributed by atoms with van der Waals surface area (Å²) < 4.78 is 86.9. The second-order valence-electron chi connectivity index (χ2n) is 19.7. The van der Waals surface area contributed by atoms with Crippen molar-refractivity contribution >= 4 is 76.6 Å². The van der Waals surface area contributed by atoms with E-state index in [0.717, 1.165) is 21.3 Å². The molecular weight excluding hydrogens is 1230 g/mol. The molecule has 4 fully saturated rings. The molecule has 0 amide bonds. The fraction of sp³-hybridized carbons (Fsp3) is 0.553. The summed E-state index contributed by atoms with van der Waals surface area (Å²) in [5.74, 6) is -0.536. The predicted octanol–water partition coefficient (Wildman–Crippen LogP) is -0.386. The van der Waals surface area contributed by atoms with Crippen molar-refractivity contribution in [1.82, 2.24) is 48.2 Å². The number of aliphatic hydroxyl groups excluding tert-OH is 4. The van der Waals surface area contributed by atoms with Gasteiger partial charge in [-0.25, -0.2) is 38.9 Å². The van der Waals surface area contributed by atoms with Crippen LogP contribution in [-0.4, -0.2) is 193 Å². The van der Waals surface area contributed by atoms with Crippen LogP contribution in [0.15, 0.2) is 80.9 Å². The summed E-state index contributed by atoms with van der Waals surface area (Å²) in [6, 6.07) is 5.45. The molecule has 39 heteroatoms. The molecule has 16 atom stereocenters. The summed E-state index contributed by atoms with van der Waals surface area (Å²) in [4.78, 5) is 91.9. The molecule has 470 valence electrons. The lowest BCUT2D eigenvalue weighted by atomic mass is 10.1. The van der Waals surface area contributed by atoms with Gasteiger partial charge in [-0.05, 0) is 37.8 Å². The van der Waals surface area contributed by atoms with Gasteiger partial charge in [-0.1, -0.05) is 0 Å². The van der Waals surface area contributed by atoms with Crippen LogP contribution in [0, 0.1) is 0 Å². The number of carbonyl (C=O) groups excluding carboxylic acids is 1. The number of rotatable bonds is 22. The van der Waals surface area contributed by atoms with Gasteiger partial charge in [0.25, 0.3) is 11.1 Å². The fourth-order valence-corrected chi connectivity index (χ4v) is 13.9. The van der Waals surface area contributed by atoms with Crippen LogP contribution < -0.4 is 34.0 Å². The Morgan fingerprint density at radius 3 is 1.62 bits per heavy atom. The van der Waals surface area contributed by atoms with Crippen LogP contribution in [0.1, 0.15) is 51.6 Å². The van der Waals surface area contributed by atoms with E-state index in [0.29, 0.717) is 45.1 Å². The molecule has 11 N–H and O–H groups in total. The lowest BCUT2D eigenvalue weighted by Gasteiger charge is -2.28. The topological polar surface area (TPSA) is 469 Å². The van der Waals surface area contributed by atoms with E-state index in [1.54, 1.807) is 41.3 Å². The summed E-state index contributed by atoms with van der Waals surface area (Å²) in [6.07, 6.45) is -7.16. The molecule has 4 aliphatic rings. The SMILES string of the molecule is CO[C@H]1C(OP(=O)(OC[C@H]2O[C@@H](n3cnc4c(N)ccnc43)CC2O)SCOC(=O)OC(C)C)[C@@H](CO)O[C@H]1n1ccc(=O)[nH]c1=O.CO[C@H]1C(OP(O)(=S)OC[C@H]2O[C@@H](n3cnc4c(N)ccnc43)CC2O)[C@@H](CO)O[C@H]1n1ccc(=O)[nH]c1=O. The highest BCUT2D eigenvalue weighted by atomic mass is 32.7. The normalized spacial score (nSPS) is 28.8. The smallest absolute Gasteiger partial charge is 0.432 e. The van der Waals surface area contributed by atoms with Crippen molar-refractivity contribution in [3.63, 3.8) is 0 Å². The van der Waals surface area contributed by atoms with Crippen LogP contribution in [-0.2, 0) is 72.4 Å². The summed E-state index contributed by atoms with van der Waals surface area (Å²) >= 11 is 5.66. The van der Waals surface area contributed by atoms with Crippen LogP contribution >= 0.6 is 24.9 Å². The number of nitrogens with zero attached hydrogens (tertiary/aromatic N) is 8. The third-order valence-corrected chi connectivity index (χ3v) is 18.7. The van der Waals surface area contributed by atoms with E-state index in [1.807, 2.05) is 0 Å². The second kappa shape index (κ2) is 27.6. The van der Waals surface area contributed by atoms with E-state index < -0.39 is 160 Å². The number of nitrogen functional groups attached to an aromatic ring is 2. The van der Waals surface area contributed by atoms with Crippen molar-refractivity contribution in [1.29, 1.82) is 0 Å². The third kappa shape index (κ3) is 14.5. The van der Waals surface area contributed by atoms with Crippen LogP contribution in [0.2, 0.25) is 0 Å². The number of imidazole rings is 2. The van der Waals surface area contributed by atoms with Gasteiger partial charge in [0, 0.05) is 75.4 Å². The zero-order valence-corrected chi connectivity index (χ0v) is 49.3. The largest absolute Gasteiger partial charge is 0.509 e. The number of methoxy groups -OCH3 is 2. The molecule has 10 rings (SSSR count). The summed E-state index contributed by atoms with van der Waals surface area (Å²) in [5, 5.41) is 41.4. The van der Waals surface area contributed by atoms with Gasteiger partial charge < -0.3 is 79.2 Å². The van der Waals surface area contributed by atoms with Crippen molar-refractivity contribution < 1.29 is 90.7 Å². The number of hydrogen-bond donors (Lipinski definition) is 9. The van der Waals surface area contributed by atoms with E-state index in [-0.39, 0.29) is 19.4 Å². The van der Waals surface area contributed by atoms with Crippen LogP contribution in [0.25, 0.3) is 22.3 Å². The molecule has 10 heterocycles. The number of aliphatic hydroxyl groups is 4. The van der Waals surface area contributed by atoms with E-state index in [1.165, 1.54) is 45.5 Å². The lowest BCUT2D eigenvalue weighted by Crippen LogP contribution is -2.40. The average Bonchev–Trinajstić information content (AvgIpc) is 2.12. The number of hydrogen-bond acceptors (Lipinski definition) is 30. The highest BCUT2D eigenvalue weighted by Crippen LogP contribution is 2.63. The molecule has 0 aromatic carbocycles. The number of nitrogens with one attached hydrogen (secondary N) is 2. The van der Waals surface area contributed by atoms with E-state index in [2.05, 4.69) is 29.9 Å². The van der Waals surface area contributed by atoms with Gasteiger partial charge in [-0.2, -0.15) is 0 Å². The molecule has 6 aromatic rings. The fourth-order valence-electron chi connectivity index (χ4n) is 9.70. The van der Waals surface area contributed by atoms with E-state index >= 15 is 0 Å².